The van der Waals surface area contributed by atoms with Crippen molar-refractivity contribution in [2.75, 3.05) is 39.0 Å². The molecule has 0 unspecified atom stereocenters. The maximum absolute atomic E-state index is 5.72. The van der Waals surface area contributed by atoms with Crippen molar-refractivity contribution in [3.63, 3.8) is 0 Å². The number of rotatable bonds is 2. The molecule has 82 valence electrons. The third kappa shape index (κ3) is 2.91. The monoisotopic (exact) mass is 206 g/mol. The van der Waals surface area contributed by atoms with E-state index in [1.165, 1.54) is 0 Å². The van der Waals surface area contributed by atoms with Gasteiger partial charge in [0.05, 0.1) is 5.69 Å². The Labute approximate surface area is 90.7 Å². The van der Waals surface area contributed by atoms with Crippen molar-refractivity contribution in [3.05, 3.63) is 24.0 Å². The summed E-state index contributed by atoms with van der Waals surface area (Å²) in [5.41, 5.74) is 7.59. The summed E-state index contributed by atoms with van der Waals surface area (Å²) in [6.07, 6.45) is 1.78. The summed E-state index contributed by atoms with van der Waals surface area (Å²) >= 11 is 0. The molecule has 0 bridgehead atoms. The van der Waals surface area contributed by atoms with Crippen LogP contribution < -0.4 is 5.73 Å². The van der Waals surface area contributed by atoms with Crippen LogP contribution in [0.4, 0.5) is 5.69 Å². The fraction of sp³-hybridized carbons (Fsp3) is 0.545. The maximum atomic E-state index is 5.72. The van der Waals surface area contributed by atoms with Crippen LogP contribution in [0.15, 0.2) is 18.3 Å². The summed E-state index contributed by atoms with van der Waals surface area (Å²) < 4.78 is 0. The fourth-order valence-electron chi connectivity index (χ4n) is 1.82. The predicted molar refractivity (Wildman–Crippen MR) is 61.4 cm³/mol. The molecule has 0 amide bonds. The van der Waals surface area contributed by atoms with E-state index in [9.17, 15) is 0 Å². The largest absolute Gasteiger partial charge is 0.399 e. The molecule has 2 N–H and O–H groups in total. The SMILES string of the molecule is CN1CCN(Cc2cc(N)ccn2)CC1. The molecule has 1 aromatic rings. The molecule has 0 spiro atoms. The van der Waals surface area contributed by atoms with Gasteiger partial charge in [-0.1, -0.05) is 0 Å². The topological polar surface area (TPSA) is 45.4 Å². The van der Waals surface area contributed by atoms with E-state index in [2.05, 4.69) is 21.8 Å². The summed E-state index contributed by atoms with van der Waals surface area (Å²) in [7, 11) is 2.16. The second-order valence-corrected chi connectivity index (χ2v) is 4.16. The van der Waals surface area contributed by atoms with Crippen LogP contribution >= 0.6 is 0 Å². The third-order valence-corrected chi connectivity index (χ3v) is 2.82. The summed E-state index contributed by atoms with van der Waals surface area (Å²) in [6.45, 7) is 5.43. The first-order chi connectivity index (χ1) is 7.24. The Morgan fingerprint density at radius 2 is 2.07 bits per heavy atom. The number of hydrogen-bond acceptors (Lipinski definition) is 4. The first-order valence-electron chi connectivity index (χ1n) is 5.35. The molecule has 15 heavy (non-hydrogen) atoms. The number of piperazine rings is 1. The van der Waals surface area contributed by atoms with Gasteiger partial charge in [-0.05, 0) is 19.2 Å². The van der Waals surface area contributed by atoms with Gasteiger partial charge in [-0.3, -0.25) is 9.88 Å². The Morgan fingerprint density at radius 3 is 2.73 bits per heavy atom. The normalized spacial score (nSPS) is 19.3. The molecule has 0 aliphatic carbocycles. The average Bonchev–Trinajstić information content (AvgIpc) is 2.22. The molecule has 1 saturated heterocycles. The Bertz CT molecular complexity index is 318. The zero-order chi connectivity index (χ0) is 10.7. The van der Waals surface area contributed by atoms with E-state index < -0.39 is 0 Å². The number of hydrogen-bond donors (Lipinski definition) is 1. The van der Waals surface area contributed by atoms with Gasteiger partial charge in [-0.25, -0.2) is 0 Å². The molecule has 0 saturated carbocycles. The van der Waals surface area contributed by atoms with E-state index in [1.54, 1.807) is 6.20 Å². The number of anilines is 1. The molecule has 0 atom stereocenters. The fourth-order valence-corrected chi connectivity index (χ4v) is 1.82. The smallest absolute Gasteiger partial charge is 0.0564 e. The summed E-state index contributed by atoms with van der Waals surface area (Å²) in [5.74, 6) is 0. The van der Waals surface area contributed by atoms with Crippen molar-refractivity contribution in [1.29, 1.82) is 0 Å². The van der Waals surface area contributed by atoms with Gasteiger partial charge >= 0.3 is 0 Å². The molecule has 2 heterocycles. The lowest BCUT2D eigenvalue weighted by Crippen LogP contribution is -2.44. The van der Waals surface area contributed by atoms with Crippen LogP contribution in [0.2, 0.25) is 0 Å². The molecule has 1 fully saturated rings. The van der Waals surface area contributed by atoms with Crippen molar-refractivity contribution in [2.24, 2.45) is 0 Å². The van der Waals surface area contributed by atoms with E-state index in [0.29, 0.717) is 0 Å². The van der Waals surface area contributed by atoms with Crippen LogP contribution in [0.3, 0.4) is 0 Å². The zero-order valence-corrected chi connectivity index (χ0v) is 9.19. The highest BCUT2D eigenvalue weighted by atomic mass is 15.2. The van der Waals surface area contributed by atoms with Crippen LogP contribution in [0.5, 0.6) is 0 Å². The number of aromatic nitrogens is 1. The Balaban J connectivity index is 1.92. The number of nitrogens with two attached hydrogens (primary N) is 1. The molecule has 1 aliphatic rings. The Hall–Kier alpha value is -1.13. The van der Waals surface area contributed by atoms with Gasteiger partial charge in [0.25, 0.3) is 0 Å². The lowest BCUT2D eigenvalue weighted by Gasteiger charge is -2.32. The van der Waals surface area contributed by atoms with E-state index in [0.717, 1.165) is 44.1 Å². The highest BCUT2D eigenvalue weighted by Crippen LogP contribution is 2.08. The van der Waals surface area contributed by atoms with Crippen molar-refractivity contribution < 1.29 is 0 Å². The minimum Gasteiger partial charge on any atom is -0.399 e. The first kappa shape index (κ1) is 10.4. The lowest BCUT2D eigenvalue weighted by atomic mass is 10.2. The third-order valence-electron chi connectivity index (χ3n) is 2.82. The van der Waals surface area contributed by atoms with Crippen LogP contribution in [0.25, 0.3) is 0 Å². The van der Waals surface area contributed by atoms with Crippen molar-refractivity contribution >= 4 is 5.69 Å². The quantitative estimate of drug-likeness (QED) is 0.761. The first-order valence-corrected chi connectivity index (χ1v) is 5.35. The number of nitrogens with zero attached hydrogens (tertiary/aromatic N) is 3. The molecule has 4 heteroatoms. The molecule has 1 aliphatic heterocycles. The molecule has 1 aromatic heterocycles. The van der Waals surface area contributed by atoms with Gasteiger partial charge in [-0.2, -0.15) is 0 Å². The molecular formula is C11H18N4. The highest BCUT2D eigenvalue weighted by molar-refractivity contribution is 5.37. The standard InChI is InChI=1S/C11H18N4/c1-14-4-6-15(7-5-14)9-11-8-10(12)2-3-13-11/h2-3,8H,4-7,9H2,1H3,(H2,12,13). The second kappa shape index (κ2) is 4.59. The lowest BCUT2D eigenvalue weighted by molar-refractivity contribution is 0.147. The second-order valence-electron chi connectivity index (χ2n) is 4.16. The highest BCUT2D eigenvalue weighted by Gasteiger charge is 2.14. The summed E-state index contributed by atoms with van der Waals surface area (Å²) in [6, 6.07) is 3.78. The minimum atomic E-state index is 0.800. The Kier molecular flexibility index (Phi) is 3.18. The van der Waals surface area contributed by atoms with E-state index in [1.807, 2.05) is 12.1 Å². The van der Waals surface area contributed by atoms with Crippen LogP contribution in [-0.2, 0) is 6.54 Å². The van der Waals surface area contributed by atoms with Crippen LogP contribution in [0, 0.1) is 0 Å². The maximum Gasteiger partial charge on any atom is 0.0564 e. The van der Waals surface area contributed by atoms with Crippen molar-refractivity contribution in [3.8, 4) is 0 Å². The predicted octanol–water partition coefficient (Wildman–Crippen LogP) is 0.411. The molecular weight excluding hydrogens is 188 g/mol. The van der Waals surface area contributed by atoms with E-state index in [4.69, 9.17) is 5.73 Å². The van der Waals surface area contributed by atoms with Gasteiger partial charge in [0.15, 0.2) is 0 Å². The molecule has 4 nitrogen and oxygen atoms in total. The van der Waals surface area contributed by atoms with Crippen molar-refractivity contribution in [2.45, 2.75) is 6.54 Å². The van der Waals surface area contributed by atoms with Gasteiger partial charge in [0.2, 0.25) is 0 Å². The van der Waals surface area contributed by atoms with Crippen LogP contribution in [-0.4, -0.2) is 48.0 Å². The number of likely N-dealkylation sites (N-methyl/N-ethyl adjacent to an activating group) is 1. The number of nitrogen functional groups attached to an aromatic ring is 1. The summed E-state index contributed by atoms with van der Waals surface area (Å²) in [5, 5.41) is 0. The van der Waals surface area contributed by atoms with Crippen molar-refractivity contribution in [1.82, 2.24) is 14.8 Å². The van der Waals surface area contributed by atoms with E-state index in [-0.39, 0.29) is 0 Å². The van der Waals surface area contributed by atoms with Gasteiger partial charge in [-0.15, -0.1) is 0 Å². The van der Waals surface area contributed by atoms with E-state index >= 15 is 0 Å². The minimum absolute atomic E-state index is 0.800. The average molecular weight is 206 g/mol. The van der Waals surface area contributed by atoms with Gasteiger partial charge < -0.3 is 10.6 Å². The zero-order valence-electron chi connectivity index (χ0n) is 9.19. The molecule has 2 rings (SSSR count). The van der Waals surface area contributed by atoms with Gasteiger partial charge in [0, 0.05) is 44.6 Å². The number of pyridine rings is 1. The van der Waals surface area contributed by atoms with Crippen LogP contribution in [0.1, 0.15) is 5.69 Å². The summed E-state index contributed by atoms with van der Waals surface area (Å²) in [4.78, 5) is 9.09. The molecule has 0 radical (unpaired) electrons. The Morgan fingerprint density at radius 1 is 1.33 bits per heavy atom. The van der Waals surface area contributed by atoms with Gasteiger partial charge in [0.1, 0.15) is 0 Å². The molecule has 0 aromatic carbocycles.